The fourth-order valence-electron chi connectivity index (χ4n) is 3.00. The van der Waals surface area contributed by atoms with Gasteiger partial charge in [0.05, 0.1) is 11.6 Å². The van der Waals surface area contributed by atoms with Crippen molar-refractivity contribution in [1.29, 1.82) is 0 Å². The van der Waals surface area contributed by atoms with E-state index in [0.717, 1.165) is 22.4 Å². The lowest BCUT2D eigenvalue weighted by Gasteiger charge is -2.21. The second-order valence-electron chi connectivity index (χ2n) is 7.51. The van der Waals surface area contributed by atoms with E-state index in [0.29, 0.717) is 5.57 Å². The number of hydrogen-bond donors (Lipinski definition) is 2. The van der Waals surface area contributed by atoms with Crippen LogP contribution in [-0.4, -0.2) is 39.2 Å². The van der Waals surface area contributed by atoms with Crippen molar-refractivity contribution in [3.63, 3.8) is 0 Å². The molecule has 150 valence electrons. The highest BCUT2D eigenvalue weighted by Gasteiger charge is 2.30. The Kier molecular flexibility index (Phi) is 5.99. The normalized spacial score (nSPS) is 16.8. The number of aliphatic hydroxyl groups is 1. The summed E-state index contributed by atoms with van der Waals surface area (Å²) in [4.78, 5) is 12.8. The molecule has 1 atom stereocenters. The van der Waals surface area contributed by atoms with Gasteiger partial charge < -0.3 is 15.4 Å². The number of rotatable bonds is 3. The summed E-state index contributed by atoms with van der Waals surface area (Å²) in [5, 5.41) is 14.4. The van der Waals surface area contributed by atoms with Crippen LogP contribution in [0.4, 0.5) is 5.69 Å². The molecule has 2 N–H and O–H groups in total. The predicted octanol–water partition coefficient (Wildman–Crippen LogP) is 4.00. The molecule has 0 radical (unpaired) electrons. The van der Waals surface area contributed by atoms with Crippen molar-refractivity contribution >= 4 is 23.4 Å². The van der Waals surface area contributed by atoms with Gasteiger partial charge in [0, 0.05) is 41.8 Å². The highest BCUT2D eigenvalue weighted by atomic mass is 35.5. The molecule has 0 saturated carbocycles. The summed E-state index contributed by atoms with van der Waals surface area (Å²) in [5.74, 6) is 5.57. The van der Waals surface area contributed by atoms with Crippen molar-refractivity contribution in [2.24, 2.45) is 0 Å². The highest BCUT2D eigenvalue weighted by molar-refractivity contribution is 6.15. The molecule has 1 heterocycles. The Labute approximate surface area is 176 Å². The minimum absolute atomic E-state index is 0.187. The minimum atomic E-state index is -1.03. The number of hydrazine groups is 1. The maximum absolute atomic E-state index is 12.8. The van der Waals surface area contributed by atoms with Crippen LogP contribution in [0.5, 0.6) is 0 Å². The molecule has 0 fully saturated rings. The van der Waals surface area contributed by atoms with E-state index in [1.807, 2.05) is 55.5 Å². The summed E-state index contributed by atoms with van der Waals surface area (Å²) in [5.41, 5.74) is 2.96. The zero-order valence-electron chi connectivity index (χ0n) is 16.9. The van der Waals surface area contributed by atoms with Crippen LogP contribution < -0.4 is 5.32 Å². The fraction of sp³-hybridized carbons (Fsp3) is 0.261. The van der Waals surface area contributed by atoms with Gasteiger partial charge in [-0.25, -0.2) is 0 Å². The smallest absolute Gasteiger partial charge is 0.254 e. The van der Waals surface area contributed by atoms with Gasteiger partial charge in [-0.15, -0.1) is 4.53 Å². The van der Waals surface area contributed by atoms with Crippen molar-refractivity contribution in [2.45, 2.75) is 32.4 Å². The molecule has 0 spiro atoms. The number of carbonyl (C=O) groups excluding carboxylic acids is 1. The first kappa shape index (κ1) is 20.9. The first-order chi connectivity index (χ1) is 13.7. The number of hydrogen-bond acceptors (Lipinski definition) is 4. The molecular formula is C23H24ClN3O2. The van der Waals surface area contributed by atoms with E-state index in [1.54, 1.807) is 32.1 Å². The molecule has 0 bridgehead atoms. The molecule has 3 rings (SSSR count). The van der Waals surface area contributed by atoms with E-state index < -0.39 is 5.60 Å². The van der Waals surface area contributed by atoms with Crippen LogP contribution >= 0.6 is 11.8 Å². The van der Waals surface area contributed by atoms with Gasteiger partial charge in [-0.05, 0) is 44.5 Å². The fourth-order valence-corrected chi connectivity index (χ4v) is 3.15. The van der Waals surface area contributed by atoms with Crippen molar-refractivity contribution in [3.8, 4) is 23.0 Å². The standard InChI is InChI=1S/C23H24ClN3O2/c1-16-20(15-26(4)27(16)24)22(28)25-21-8-6-5-7-19(21)18-11-9-17(10-12-18)13-14-23(2,3)29/h5-12,15-16,29H,1-4H3,(H,25,28). The van der Waals surface area contributed by atoms with Crippen molar-refractivity contribution in [1.82, 2.24) is 9.54 Å². The number of amides is 1. The number of anilines is 1. The number of halogens is 1. The first-order valence-electron chi connectivity index (χ1n) is 9.31. The third-order valence-corrected chi connectivity index (χ3v) is 5.07. The van der Waals surface area contributed by atoms with Crippen LogP contribution in [0.15, 0.2) is 60.3 Å². The summed E-state index contributed by atoms with van der Waals surface area (Å²) < 4.78 is 1.48. The lowest BCUT2D eigenvalue weighted by atomic mass is 10.0. The van der Waals surface area contributed by atoms with Crippen LogP contribution in [0, 0.1) is 11.8 Å². The third kappa shape index (κ3) is 4.99. The number of para-hydroxylation sites is 1. The van der Waals surface area contributed by atoms with Crippen LogP contribution in [0.1, 0.15) is 26.3 Å². The van der Waals surface area contributed by atoms with Crippen LogP contribution in [0.3, 0.4) is 0 Å². The molecule has 0 saturated heterocycles. The average Bonchev–Trinajstić information content (AvgIpc) is 2.94. The van der Waals surface area contributed by atoms with Gasteiger partial charge in [-0.2, -0.15) is 0 Å². The zero-order chi connectivity index (χ0) is 21.2. The van der Waals surface area contributed by atoms with E-state index in [1.165, 1.54) is 4.53 Å². The van der Waals surface area contributed by atoms with Gasteiger partial charge in [-0.1, -0.05) is 42.2 Å². The van der Waals surface area contributed by atoms with Gasteiger partial charge in [0.25, 0.3) is 5.91 Å². The Hall–Kier alpha value is -2.78. The van der Waals surface area contributed by atoms with E-state index in [4.69, 9.17) is 11.8 Å². The lowest BCUT2D eigenvalue weighted by molar-refractivity contribution is -0.113. The summed E-state index contributed by atoms with van der Waals surface area (Å²) in [6, 6.07) is 15.1. The SMILES string of the molecule is CC1C(C(=O)Nc2ccccc2-c2ccc(C#CC(C)(C)O)cc2)=CN(C)N1Cl. The third-order valence-electron chi connectivity index (χ3n) is 4.54. The van der Waals surface area contributed by atoms with Crippen molar-refractivity contribution < 1.29 is 9.90 Å². The predicted molar refractivity (Wildman–Crippen MR) is 117 cm³/mol. The maximum Gasteiger partial charge on any atom is 0.254 e. The molecule has 1 amide bonds. The molecule has 0 aliphatic carbocycles. The Morgan fingerprint density at radius 2 is 1.83 bits per heavy atom. The van der Waals surface area contributed by atoms with E-state index in [2.05, 4.69) is 17.2 Å². The van der Waals surface area contributed by atoms with Gasteiger partial charge in [0.1, 0.15) is 5.60 Å². The van der Waals surface area contributed by atoms with Crippen molar-refractivity contribution in [2.75, 3.05) is 12.4 Å². The van der Waals surface area contributed by atoms with Crippen LogP contribution in [0.2, 0.25) is 0 Å². The Morgan fingerprint density at radius 1 is 1.17 bits per heavy atom. The Morgan fingerprint density at radius 3 is 2.41 bits per heavy atom. The topological polar surface area (TPSA) is 55.8 Å². The van der Waals surface area contributed by atoms with Crippen LogP contribution in [-0.2, 0) is 4.79 Å². The van der Waals surface area contributed by atoms with Crippen LogP contribution in [0.25, 0.3) is 11.1 Å². The molecule has 1 aliphatic rings. The number of carbonyl (C=O) groups is 1. The summed E-state index contributed by atoms with van der Waals surface area (Å²) in [7, 11) is 1.79. The number of nitrogens with one attached hydrogen (secondary N) is 1. The number of benzene rings is 2. The van der Waals surface area contributed by atoms with Crippen molar-refractivity contribution in [3.05, 3.63) is 65.9 Å². The molecule has 29 heavy (non-hydrogen) atoms. The molecule has 2 aromatic carbocycles. The largest absolute Gasteiger partial charge is 0.378 e. The van der Waals surface area contributed by atoms with Gasteiger partial charge in [0.15, 0.2) is 0 Å². The minimum Gasteiger partial charge on any atom is -0.378 e. The molecule has 2 aromatic rings. The molecular weight excluding hydrogens is 386 g/mol. The van der Waals surface area contributed by atoms with E-state index in [-0.39, 0.29) is 11.9 Å². The first-order valence-corrected chi connectivity index (χ1v) is 9.65. The van der Waals surface area contributed by atoms with Gasteiger partial charge in [0.2, 0.25) is 0 Å². The number of nitrogens with zero attached hydrogens (tertiary/aromatic N) is 2. The molecule has 0 aromatic heterocycles. The lowest BCUT2D eigenvalue weighted by Crippen LogP contribution is -2.31. The second kappa shape index (κ2) is 8.30. The quantitative estimate of drug-likeness (QED) is 0.594. The summed E-state index contributed by atoms with van der Waals surface area (Å²) in [6.45, 7) is 5.17. The monoisotopic (exact) mass is 409 g/mol. The van der Waals surface area contributed by atoms with Gasteiger partial charge >= 0.3 is 0 Å². The van der Waals surface area contributed by atoms with E-state index in [9.17, 15) is 9.90 Å². The summed E-state index contributed by atoms with van der Waals surface area (Å²) in [6.07, 6.45) is 1.73. The zero-order valence-corrected chi connectivity index (χ0v) is 17.7. The summed E-state index contributed by atoms with van der Waals surface area (Å²) >= 11 is 6.15. The second-order valence-corrected chi connectivity index (χ2v) is 7.86. The molecule has 6 heteroatoms. The molecule has 5 nitrogen and oxygen atoms in total. The highest BCUT2D eigenvalue weighted by Crippen LogP contribution is 2.30. The van der Waals surface area contributed by atoms with Gasteiger partial charge in [-0.3, -0.25) is 4.79 Å². The Bertz CT molecular complexity index is 997. The molecule has 1 aliphatic heterocycles. The maximum atomic E-state index is 12.8. The van der Waals surface area contributed by atoms with E-state index >= 15 is 0 Å². The average molecular weight is 410 g/mol. The Balaban J connectivity index is 1.83. The molecule has 1 unspecified atom stereocenters.